The SMILES string of the molecule is COc1ccc(CC(CN)c2ccccc2F)cc1Cl. The molecule has 0 aromatic heterocycles. The van der Waals surface area contributed by atoms with Gasteiger partial charge in [-0.1, -0.05) is 35.9 Å². The van der Waals surface area contributed by atoms with Gasteiger partial charge in [-0.2, -0.15) is 0 Å². The van der Waals surface area contributed by atoms with Crippen LogP contribution >= 0.6 is 11.6 Å². The van der Waals surface area contributed by atoms with Crippen LogP contribution in [0.25, 0.3) is 0 Å². The molecular formula is C16H17ClFNO. The summed E-state index contributed by atoms with van der Waals surface area (Å²) in [6.45, 7) is 0.380. The molecule has 4 heteroatoms. The fraction of sp³-hybridized carbons (Fsp3) is 0.250. The molecule has 2 rings (SSSR count). The van der Waals surface area contributed by atoms with Crippen LogP contribution in [0, 0.1) is 5.82 Å². The average Bonchev–Trinajstić information content (AvgIpc) is 2.46. The maximum atomic E-state index is 13.8. The number of hydrogen-bond acceptors (Lipinski definition) is 2. The second-order valence-electron chi connectivity index (χ2n) is 4.63. The van der Waals surface area contributed by atoms with Crippen LogP contribution in [-0.2, 0) is 6.42 Å². The van der Waals surface area contributed by atoms with Gasteiger partial charge in [-0.15, -0.1) is 0 Å². The van der Waals surface area contributed by atoms with Gasteiger partial charge in [0.2, 0.25) is 0 Å². The Labute approximate surface area is 123 Å². The molecule has 2 aromatic carbocycles. The van der Waals surface area contributed by atoms with E-state index in [9.17, 15) is 4.39 Å². The fourth-order valence-corrected chi connectivity index (χ4v) is 2.53. The Hall–Kier alpha value is -1.58. The molecule has 2 N–H and O–H groups in total. The van der Waals surface area contributed by atoms with Crippen LogP contribution in [0.3, 0.4) is 0 Å². The molecule has 2 nitrogen and oxygen atoms in total. The monoisotopic (exact) mass is 293 g/mol. The van der Waals surface area contributed by atoms with Crippen molar-refractivity contribution >= 4 is 11.6 Å². The van der Waals surface area contributed by atoms with E-state index in [1.54, 1.807) is 19.2 Å². The van der Waals surface area contributed by atoms with Crippen molar-refractivity contribution in [3.63, 3.8) is 0 Å². The molecule has 1 atom stereocenters. The summed E-state index contributed by atoms with van der Waals surface area (Å²) in [7, 11) is 1.57. The van der Waals surface area contributed by atoms with Crippen molar-refractivity contribution < 1.29 is 9.13 Å². The smallest absolute Gasteiger partial charge is 0.137 e. The molecule has 0 fully saturated rings. The van der Waals surface area contributed by atoms with E-state index in [4.69, 9.17) is 22.1 Å². The van der Waals surface area contributed by atoms with Gasteiger partial charge in [0.15, 0.2) is 0 Å². The van der Waals surface area contributed by atoms with E-state index >= 15 is 0 Å². The summed E-state index contributed by atoms with van der Waals surface area (Å²) in [5.41, 5.74) is 7.44. The lowest BCUT2D eigenvalue weighted by molar-refractivity contribution is 0.415. The molecule has 0 aliphatic carbocycles. The lowest BCUT2D eigenvalue weighted by atomic mass is 9.91. The Morgan fingerprint density at radius 1 is 1.25 bits per heavy atom. The number of methoxy groups -OCH3 is 1. The van der Waals surface area contributed by atoms with Crippen LogP contribution < -0.4 is 10.5 Å². The Bertz CT molecular complexity index is 588. The molecular weight excluding hydrogens is 277 g/mol. The summed E-state index contributed by atoms with van der Waals surface area (Å²) in [6.07, 6.45) is 0.640. The number of rotatable bonds is 5. The lowest BCUT2D eigenvalue weighted by Gasteiger charge is -2.16. The molecule has 0 radical (unpaired) electrons. The number of nitrogens with two attached hydrogens (primary N) is 1. The van der Waals surface area contributed by atoms with Crippen molar-refractivity contribution in [1.82, 2.24) is 0 Å². The molecule has 1 unspecified atom stereocenters. The van der Waals surface area contributed by atoms with Gasteiger partial charge in [-0.25, -0.2) is 4.39 Å². The van der Waals surface area contributed by atoms with E-state index in [2.05, 4.69) is 0 Å². The molecule has 106 valence electrons. The van der Waals surface area contributed by atoms with E-state index in [0.717, 1.165) is 5.56 Å². The molecule has 0 bridgehead atoms. The summed E-state index contributed by atoms with van der Waals surface area (Å²) in [5, 5.41) is 0.550. The summed E-state index contributed by atoms with van der Waals surface area (Å²) < 4.78 is 18.9. The normalized spacial score (nSPS) is 12.2. The van der Waals surface area contributed by atoms with Gasteiger partial charge >= 0.3 is 0 Å². The zero-order chi connectivity index (χ0) is 14.5. The number of hydrogen-bond donors (Lipinski definition) is 1. The van der Waals surface area contributed by atoms with Crippen molar-refractivity contribution in [2.24, 2.45) is 5.73 Å². The van der Waals surface area contributed by atoms with Crippen LogP contribution in [0.2, 0.25) is 5.02 Å². The lowest BCUT2D eigenvalue weighted by Crippen LogP contribution is -2.16. The largest absolute Gasteiger partial charge is 0.495 e. The van der Waals surface area contributed by atoms with Gasteiger partial charge in [-0.3, -0.25) is 0 Å². The number of halogens is 2. The third-order valence-corrected chi connectivity index (χ3v) is 3.62. The minimum absolute atomic E-state index is 0.0688. The zero-order valence-corrected chi connectivity index (χ0v) is 12.0. The highest BCUT2D eigenvalue weighted by molar-refractivity contribution is 6.32. The Morgan fingerprint density at radius 2 is 2.00 bits per heavy atom. The molecule has 2 aromatic rings. The minimum Gasteiger partial charge on any atom is -0.495 e. The minimum atomic E-state index is -0.220. The van der Waals surface area contributed by atoms with Crippen molar-refractivity contribution in [2.45, 2.75) is 12.3 Å². The van der Waals surface area contributed by atoms with Crippen LogP contribution in [0.5, 0.6) is 5.75 Å². The van der Waals surface area contributed by atoms with E-state index in [1.807, 2.05) is 24.3 Å². The van der Waals surface area contributed by atoms with Crippen molar-refractivity contribution in [2.75, 3.05) is 13.7 Å². The Balaban J connectivity index is 2.23. The first-order valence-corrected chi connectivity index (χ1v) is 6.80. The van der Waals surface area contributed by atoms with E-state index < -0.39 is 0 Å². The zero-order valence-electron chi connectivity index (χ0n) is 11.3. The summed E-state index contributed by atoms with van der Waals surface area (Å²) in [4.78, 5) is 0. The van der Waals surface area contributed by atoms with Crippen molar-refractivity contribution in [1.29, 1.82) is 0 Å². The molecule has 0 saturated heterocycles. The highest BCUT2D eigenvalue weighted by Gasteiger charge is 2.15. The molecule has 0 saturated carbocycles. The van der Waals surface area contributed by atoms with Gasteiger partial charge in [0.25, 0.3) is 0 Å². The predicted molar refractivity (Wildman–Crippen MR) is 79.9 cm³/mol. The molecule has 20 heavy (non-hydrogen) atoms. The van der Waals surface area contributed by atoms with Crippen LogP contribution in [-0.4, -0.2) is 13.7 Å². The van der Waals surface area contributed by atoms with Gasteiger partial charge in [0.1, 0.15) is 11.6 Å². The van der Waals surface area contributed by atoms with Crippen molar-refractivity contribution in [3.8, 4) is 5.75 Å². The molecule has 0 aliphatic heterocycles. The summed E-state index contributed by atoms with van der Waals surface area (Å²) in [6, 6.07) is 12.3. The van der Waals surface area contributed by atoms with E-state index in [-0.39, 0.29) is 11.7 Å². The highest BCUT2D eigenvalue weighted by atomic mass is 35.5. The molecule has 0 spiro atoms. The Kier molecular flexibility index (Phi) is 4.99. The topological polar surface area (TPSA) is 35.2 Å². The summed E-state index contributed by atoms with van der Waals surface area (Å²) in [5.74, 6) is 0.342. The van der Waals surface area contributed by atoms with Crippen LogP contribution in [0.1, 0.15) is 17.0 Å². The van der Waals surface area contributed by atoms with E-state index in [1.165, 1.54) is 6.07 Å². The number of ether oxygens (including phenoxy) is 1. The second kappa shape index (κ2) is 6.73. The van der Waals surface area contributed by atoms with Crippen LogP contribution in [0.15, 0.2) is 42.5 Å². The van der Waals surface area contributed by atoms with Crippen LogP contribution in [0.4, 0.5) is 4.39 Å². The maximum Gasteiger partial charge on any atom is 0.137 e. The van der Waals surface area contributed by atoms with Gasteiger partial charge in [-0.05, 0) is 42.3 Å². The third-order valence-electron chi connectivity index (χ3n) is 3.33. The predicted octanol–water partition coefficient (Wildman–Crippen LogP) is 3.77. The second-order valence-corrected chi connectivity index (χ2v) is 5.03. The van der Waals surface area contributed by atoms with E-state index in [0.29, 0.717) is 29.3 Å². The highest BCUT2D eigenvalue weighted by Crippen LogP contribution is 2.28. The fourth-order valence-electron chi connectivity index (χ4n) is 2.25. The molecule has 0 amide bonds. The standard InChI is InChI=1S/C16H17ClFNO/c1-20-16-7-6-11(9-14(16)17)8-12(10-19)13-4-2-3-5-15(13)18/h2-7,9,12H,8,10,19H2,1H3. The third kappa shape index (κ3) is 3.30. The van der Waals surface area contributed by atoms with Gasteiger partial charge in [0.05, 0.1) is 12.1 Å². The Morgan fingerprint density at radius 3 is 2.60 bits per heavy atom. The molecule has 0 heterocycles. The first kappa shape index (κ1) is 14.8. The van der Waals surface area contributed by atoms with Gasteiger partial charge < -0.3 is 10.5 Å². The van der Waals surface area contributed by atoms with Gasteiger partial charge in [0, 0.05) is 5.92 Å². The average molecular weight is 294 g/mol. The quantitative estimate of drug-likeness (QED) is 0.911. The summed E-state index contributed by atoms with van der Waals surface area (Å²) >= 11 is 6.10. The maximum absolute atomic E-state index is 13.8. The first-order chi connectivity index (χ1) is 9.65. The molecule has 0 aliphatic rings. The number of benzene rings is 2. The first-order valence-electron chi connectivity index (χ1n) is 6.42. The van der Waals surface area contributed by atoms with Crippen molar-refractivity contribution in [3.05, 3.63) is 64.4 Å².